The minimum atomic E-state index is -0.227. The molecule has 0 saturated heterocycles. The molecule has 3 aromatic rings. The zero-order chi connectivity index (χ0) is 20.2. The largest absolute Gasteiger partial charge is 0.486 e. The Morgan fingerprint density at radius 2 is 1.93 bits per heavy atom. The zero-order valence-corrected chi connectivity index (χ0v) is 16.5. The van der Waals surface area contributed by atoms with Crippen molar-refractivity contribution < 1.29 is 14.3 Å². The number of tetrazole rings is 1. The lowest BCUT2D eigenvalue weighted by Gasteiger charge is -2.29. The minimum Gasteiger partial charge on any atom is -0.486 e. The van der Waals surface area contributed by atoms with E-state index in [1.165, 1.54) is 10.4 Å². The highest BCUT2D eigenvalue weighted by Gasteiger charge is 2.24. The topological polar surface area (TPSA) is 82.4 Å². The molecule has 4 rings (SSSR count). The first-order chi connectivity index (χ1) is 14.1. The van der Waals surface area contributed by atoms with Crippen LogP contribution in [0.15, 0.2) is 48.5 Å². The summed E-state index contributed by atoms with van der Waals surface area (Å²) in [7, 11) is 1.73. The third-order valence-corrected chi connectivity index (χ3v) is 4.82. The average Bonchev–Trinajstić information content (AvgIpc) is 3.22. The van der Waals surface area contributed by atoms with Gasteiger partial charge < -0.3 is 14.4 Å². The molecule has 150 valence electrons. The summed E-state index contributed by atoms with van der Waals surface area (Å²) < 4.78 is 11.6. The molecule has 8 heteroatoms. The van der Waals surface area contributed by atoms with Gasteiger partial charge in [-0.15, -0.1) is 10.2 Å². The summed E-state index contributed by atoms with van der Waals surface area (Å²) in [5.41, 5.74) is 2.12. The molecule has 1 amide bonds. The number of amides is 1. The van der Waals surface area contributed by atoms with Gasteiger partial charge in [0.05, 0.1) is 6.54 Å². The number of ether oxygens (including phenoxy) is 2. The Bertz CT molecular complexity index is 986. The van der Waals surface area contributed by atoms with Crippen LogP contribution >= 0.6 is 0 Å². The summed E-state index contributed by atoms with van der Waals surface area (Å²) in [5.74, 6) is 1.80. The summed E-state index contributed by atoms with van der Waals surface area (Å²) in [6.07, 6.45) is 0.748. The Labute approximate surface area is 169 Å². The Kier molecular flexibility index (Phi) is 5.41. The summed E-state index contributed by atoms with van der Waals surface area (Å²) >= 11 is 0. The van der Waals surface area contributed by atoms with E-state index in [2.05, 4.69) is 22.3 Å². The van der Waals surface area contributed by atoms with Crippen LogP contribution in [0.4, 0.5) is 0 Å². The van der Waals surface area contributed by atoms with Gasteiger partial charge in [0.25, 0.3) is 0 Å². The smallest absolute Gasteiger partial charge is 0.246 e. The number of aromatic nitrogens is 4. The number of likely N-dealkylation sites (N-methyl/N-ethyl adjacent to an activating group) is 1. The molecule has 0 radical (unpaired) electrons. The van der Waals surface area contributed by atoms with E-state index in [1.54, 1.807) is 11.9 Å². The first-order valence-electron chi connectivity index (χ1n) is 9.62. The van der Waals surface area contributed by atoms with Crippen molar-refractivity contribution in [2.45, 2.75) is 26.0 Å². The van der Waals surface area contributed by atoms with E-state index < -0.39 is 0 Å². The Balaban J connectivity index is 1.34. The number of rotatable bonds is 6. The van der Waals surface area contributed by atoms with Crippen LogP contribution in [0.1, 0.15) is 12.5 Å². The monoisotopic (exact) mass is 393 g/mol. The lowest BCUT2D eigenvalue weighted by Crippen LogP contribution is -2.43. The predicted molar refractivity (Wildman–Crippen MR) is 107 cm³/mol. The Morgan fingerprint density at radius 1 is 1.17 bits per heavy atom. The molecule has 8 nitrogen and oxygen atoms in total. The van der Waals surface area contributed by atoms with Crippen molar-refractivity contribution in [1.82, 2.24) is 25.1 Å². The van der Waals surface area contributed by atoms with Gasteiger partial charge in [0.15, 0.2) is 17.6 Å². The fourth-order valence-electron chi connectivity index (χ4n) is 3.12. The summed E-state index contributed by atoms with van der Waals surface area (Å²) in [4.78, 5) is 15.5. The molecule has 0 unspecified atom stereocenters. The lowest BCUT2D eigenvalue weighted by atomic mass is 10.1. The van der Waals surface area contributed by atoms with Crippen molar-refractivity contribution in [2.24, 2.45) is 0 Å². The molecule has 1 aliphatic rings. The highest BCUT2D eigenvalue weighted by Crippen LogP contribution is 2.30. The third kappa shape index (κ3) is 4.37. The molecule has 0 spiro atoms. The molecule has 0 fully saturated rings. The number of nitrogens with zero attached hydrogens (tertiary/aromatic N) is 5. The van der Waals surface area contributed by atoms with Gasteiger partial charge in [-0.25, -0.2) is 0 Å². The SMILES string of the molecule is CCc1ccc(-c2nnn(CC(=O)N(C)C[C@@H]3COc4ccccc4O3)n2)cc1. The molecule has 2 aromatic carbocycles. The summed E-state index contributed by atoms with van der Waals surface area (Å²) in [6, 6.07) is 15.5. The molecule has 1 aromatic heterocycles. The number of hydrogen-bond acceptors (Lipinski definition) is 6. The van der Waals surface area contributed by atoms with Crippen LogP contribution in [0.25, 0.3) is 11.4 Å². The fraction of sp³-hybridized carbons (Fsp3) is 0.333. The molecular weight excluding hydrogens is 370 g/mol. The van der Waals surface area contributed by atoms with Gasteiger partial charge in [0.1, 0.15) is 13.2 Å². The number of benzene rings is 2. The van der Waals surface area contributed by atoms with Crippen LogP contribution in [0.3, 0.4) is 0 Å². The molecule has 0 saturated carbocycles. The van der Waals surface area contributed by atoms with E-state index in [0.29, 0.717) is 24.7 Å². The third-order valence-electron chi connectivity index (χ3n) is 4.82. The van der Waals surface area contributed by atoms with Crippen molar-refractivity contribution in [2.75, 3.05) is 20.2 Å². The van der Waals surface area contributed by atoms with E-state index in [-0.39, 0.29) is 18.6 Å². The first-order valence-corrected chi connectivity index (χ1v) is 9.62. The minimum absolute atomic E-state index is 0.0146. The highest BCUT2D eigenvalue weighted by atomic mass is 16.6. The Morgan fingerprint density at radius 3 is 2.69 bits per heavy atom. The molecule has 1 aliphatic heterocycles. The van der Waals surface area contributed by atoms with Gasteiger partial charge in [0.2, 0.25) is 11.7 Å². The maximum absolute atomic E-state index is 12.6. The van der Waals surface area contributed by atoms with Crippen molar-refractivity contribution in [3.63, 3.8) is 0 Å². The van der Waals surface area contributed by atoms with Crippen LogP contribution in [-0.4, -0.2) is 57.3 Å². The van der Waals surface area contributed by atoms with Crippen LogP contribution in [0, 0.1) is 0 Å². The maximum atomic E-state index is 12.6. The number of fused-ring (bicyclic) bond motifs is 1. The van der Waals surface area contributed by atoms with Crippen molar-refractivity contribution in [1.29, 1.82) is 0 Å². The molecule has 29 heavy (non-hydrogen) atoms. The quantitative estimate of drug-likeness (QED) is 0.639. The average molecular weight is 393 g/mol. The van der Waals surface area contributed by atoms with Crippen LogP contribution in [-0.2, 0) is 17.8 Å². The van der Waals surface area contributed by atoms with E-state index in [4.69, 9.17) is 9.47 Å². The number of para-hydroxylation sites is 2. The van der Waals surface area contributed by atoms with Gasteiger partial charge in [-0.1, -0.05) is 43.3 Å². The van der Waals surface area contributed by atoms with Gasteiger partial charge in [-0.3, -0.25) is 4.79 Å². The molecule has 0 bridgehead atoms. The van der Waals surface area contributed by atoms with Gasteiger partial charge in [0, 0.05) is 12.6 Å². The first kappa shape index (κ1) is 18.9. The molecule has 0 aliphatic carbocycles. The van der Waals surface area contributed by atoms with E-state index in [9.17, 15) is 4.79 Å². The number of carbonyl (C=O) groups excluding carboxylic acids is 1. The normalized spacial score (nSPS) is 15.2. The van der Waals surface area contributed by atoms with E-state index in [1.807, 2.05) is 48.5 Å². The lowest BCUT2D eigenvalue weighted by molar-refractivity contribution is -0.132. The highest BCUT2D eigenvalue weighted by molar-refractivity contribution is 5.75. The van der Waals surface area contributed by atoms with Crippen LogP contribution in [0.2, 0.25) is 0 Å². The van der Waals surface area contributed by atoms with Crippen molar-refractivity contribution >= 4 is 5.91 Å². The maximum Gasteiger partial charge on any atom is 0.246 e. The van der Waals surface area contributed by atoms with E-state index >= 15 is 0 Å². The second kappa shape index (κ2) is 8.30. The van der Waals surface area contributed by atoms with Crippen LogP contribution in [0.5, 0.6) is 11.5 Å². The van der Waals surface area contributed by atoms with Gasteiger partial charge in [-0.2, -0.15) is 4.80 Å². The number of aryl methyl sites for hydroxylation is 1. The van der Waals surface area contributed by atoms with Crippen molar-refractivity contribution in [3.8, 4) is 22.9 Å². The predicted octanol–water partition coefficient (Wildman–Crippen LogP) is 2.20. The van der Waals surface area contributed by atoms with Crippen LogP contribution < -0.4 is 9.47 Å². The van der Waals surface area contributed by atoms with Crippen molar-refractivity contribution in [3.05, 3.63) is 54.1 Å². The molecule has 2 heterocycles. The van der Waals surface area contributed by atoms with Gasteiger partial charge >= 0.3 is 0 Å². The molecular formula is C21H23N5O3. The molecule has 1 atom stereocenters. The second-order valence-electron chi connectivity index (χ2n) is 6.97. The Hall–Kier alpha value is -3.42. The summed E-state index contributed by atoms with van der Waals surface area (Å²) in [5, 5.41) is 12.4. The number of hydrogen-bond donors (Lipinski definition) is 0. The van der Waals surface area contributed by atoms with E-state index in [0.717, 1.165) is 17.7 Å². The molecule has 0 N–H and O–H groups in total. The van der Waals surface area contributed by atoms with Gasteiger partial charge in [-0.05, 0) is 29.3 Å². The number of carbonyl (C=O) groups is 1. The summed E-state index contributed by atoms with van der Waals surface area (Å²) in [6.45, 7) is 2.93. The standard InChI is InChI=1S/C21H23N5O3/c1-3-15-8-10-16(11-9-15)21-22-24-26(23-21)13-20(27)25(2)12-17-14-28-18-6-4-5-7-19(18)29-17/h4-11,17H,3,12-14H2,1-2H3/t17-/m1/s1. The second-order valence-corrected chi connectivity index (χ2v) is 6.97. The fourth-order valence-corrected chi connectivity index (χ4v) is 3.12. The zero-order valence-electron chi connectivity index (χ0n) is 16.5.